The summed E-state index contributed by atoms with van der Waals surface area (Å²) < 4.78 is 0. The van der Waals surface area contributed by atoms with Gasteiger partial charge in [0.1, 0.15) is 11.6 Å². The Balaban J connectivity index is 1.88. The predicted octanol–water partition coefficient (Wildman–Crippen LogP) is 5.82. The fraction of sp³-hybridized carbons (Fsp3) is 0.308. The molecule has 4 heteroatoms. The highest BCUT2D eigenvalue weighted by Crippen LogP contribution is 2.39. The van der Waals surface area contributed by atoms with E-state index in [0.29, 0.717) is 5.69 Å². The number of benzene rings is 2. The number of carbonyl (C=O) groups excluding carboxylic acids is 1. The number of aryl methyl sites for hydroxylation is 1. The van der Waals surface area contributed by atoms with Crippen LogP contribution < -0.4 is 10.2 Å². The second-order valence-corrected chi connectivity index (χ2v) is 8.18. The van der Waals surface area contributed by atoms with E-state index in [0.717, 1.165) is 24.1 Å². The van der Waals surface area contributed by atoms with E-state index < -0.39 is 5.91 Å². The Bertz CT molecular complexity index is 1050. The molecule has 0 saturated heterocycles. The van der Waals surface area contributed by atoms with Crippen molar-refractivity contribution in [2.45, 2.75) is 46.6 Å². The number of carbonyl (C=O) groups is 1. The second-order valence-electron chi connectivity index (χ2n) is 8.18. The summed E-state index contributed by atoms with van der Waals surface area (Å²) in [6, 6.07) is 15.8. The van der Waals surface area contributed by atoms with Crippen molar-refractivity contribution in [3.05, 3.63) is 70.8 Å². The molecule has 3 rings (SSSR count). The molecule has 1 aliphatic rings. The van der Waals surface area contributed by atoms with Gasteiger partial charge >= 0.3 is 0 Å². The van der Waals surface area contributed by atoms with E-state index in [1.807, 2.05) is 36.4 Å². The highest BCUT2D eigenvalue weighted by atomic mass is 16.1. The highest BCUT2D eigenvalue weighted by Gasteiger charge is 2.30. The molecular weight excluding hydrogens is 370 g/mol. The lowest BCUT2D eigenvalue weighted by Gasteiger charge is -2.42. The van der Waals surface area contributed by atoms with Crippen molar-refractivity contribution >= 4 is 28.9 Å². The van der Waals surface area contributed by atoms with Gasteiger partial charge in [-0.2, -0.15) is 5.26 Å². The Morgan fingerprint density at radius 2 is 1.87 bits per heavy atom. The van der Waals surface area contributed by atoms with Gasteiger partial charge in [-0.3, -0.25) is 4.79 Å². The molecule has 0 aromatic heterocycles. The first-order valence-electron chi connectivity index (χ1n) is 10.4. The molecule has 2 aromatic carbocycles. The number of hydrogen-bond acceptors (Lipinski definition) is 3. The summed E-state index contributed by atoms with van der Waals surface area (Å²) in [7, 11) is 0. The van der Waals surface area contributed by atoms with Crippen LogP contribution in [0, 0.1) is 11.3 Å². The van der Waals surface area contributed by atoms with Gasteiger partial charge in [0.15, 0.2) is 0 Å². The molecule has 30 heavy (non-hydrogen) atoms. The summed E-state index contributed by atoms with van der Waals surface area (Å²) in [6.45, 7) is 11.7. The molecule has 0 bridgehead atoms. The standard InChI is InChI=1S/C26H29N3O/c1-6-19-8-11-22(12-9-19)28-25(30)21(17-27)14-20-10-13-24-23(15-20)18(3)16-26(4,5)29(24)7-2/h8-16H,6-7H2,1-5H3,(H,28,30)/b21-14+. The van der Waals surface area contributed by atoms with Crippen LogP contribution in [0.1, 0.15) is 51.3 Å². The van der Waals surface area contributed by atoms with Crippen LogP contribution in [0.5, 0.6) is 0 Å². The summed E-state index contributed by atoms with van der Waals surface area (Å²) in [5.41, 5.74) is 6.28. The third-order valence-electron chi connectivity index (χ3n) is 5.61. The molecular formula is C26H29N3O. The number of allylic oxidation sites excluding steroid dienone is 1. The van der Waals surface area contributed by atoms with Crippen LogP contribution in [0.2, 0.25) is 0 Å². The van der Waals surface area contributed by atoms with Crippen LogP contribution in [0.4, 0.5) is 11.4 Å². The van der Waals surface area contributed by atoms with E-state index in [1.165, 1.54) is 16.8 Å². The van der Waals surface area contributed by atoms with Gasteiger partial charge in [-0.15, -0.1) is 0 Å². The van der Waals surface area contributed by atoms with Gasteiger partial charge in [0.05, 0.1) is 5.54 Å². The topological polar surface area (TPSA) is 56.1 Å². The van der Waals surface area contributed by atoms with E-state index in [2.05, 4.69) is 63.0 Å². The zero-order valence-corrected chi connectivity index (χ0v) is 18.4. The number of nitriles is 1. The molecule has 154 valence electrons. The number of nitrogens with zero attached hydrogens (tertiary/aromatic N) is 2. The molecule has 0 unspecified atom stereocenters. The first-order chi connectivity index (χ1) is 14.3. The second kappa shape index (κ2) is 8.59. The van der Waals surface area contributed by atoms with Gasteiger partial charge in [0.25, 0.3) is 5.91 Å². The van der Waals surface area contributed by atoms with Crippen LogP contribution in [0.25, 0.3) is 11.6 Å². The van der Waals surface area contributed by atoms with E-state index >= 15 is 0 Å². The molecule has 0 atom stereocenters. The molecule has 1 heterocycles. The molecule has 0 saturated carbocycles. The summed E-state index contributed by atoms with van der Waals surface area (Å²) in [5.74, 6) is -0.400. The van der Waals surface area contributed by atoms with Crippen molar-refractivity contribution in [2.75, 3.05) is 16.8 Å². The minimum Gasteiger partial charge on any atom is -0.363 e. The van der Waals surface area contributed by atoms with Gasteiger partial charge in [0.2, 0.25) is 0 Å². The lowest BCUT2D eigenvalue weighted by Crippen LogP contribution is -2.44. The van der Waals surface area contributed by atoms with Gasteiger partial charge in [-0.25, -0.2) is 0 Å². The van der Waals surface area contributed by atoms with Crippen molar-refractivity contribution in [3.8, 4) is 6.07 Å². The summed E-state index contributed by atoms with van der Waals surface area (Å²) >= 11 is 0. The highest BCUT2D eigenvalue weighted by molar-refractivity contribution is 6.09. The molecule has 2 aromatic rings. The SMILES string of the molecule is CCc1ccc(NC(=O)/C(C#N)=C/c2ccc3c(c2)C(C)=CC(C)(C)N3CC)cc1. The molecule has 4 nitrogen and oxygen atoms in total. The number of rotatable bonds is 5. The maximum absolute atomic E-state index is 12.6. The molecule has 1 amide bonds. The van der Waals surface area contributed by atoms with Gasteiger partial charge in [-0.05, 0) is 81.2 Å². The lowest BCUT2D eigenvalue weighted by atomic mass is 9.88. The van der Waals surface area contributed by atoms with Crippen molar-refractivity contribution in [1.29, 1.82) is 5.26 Å². The van der Waals surface area contributed by atoms with Gasteiger partial charge < -0.3 is 10.2 Å². The molecule has 1 N–H and O–H groups in total. The van der Waals surface area contributed by atoms with Crippen LogP contribution in [0.3, 0.4) is 0 Å². The lowest BCUT2D eigenvalue weighted by molar-refractivity contribution is -0.112. The molecule has 0 radical (unpaired) electrons. The van der Waals surface area contributed by atoms with E-state index in [-0.39, 0.29) is 11.1 Å². The molecule has 0 fully saturated rings. The number of likely N-dealkylation sites (N-methyl/N-ethyl adjacent to an activating group) is 1. The number of amides is 1. The summed E-state index contributed by atoms with van der Waals surface area (Å²) in [4.78, 5) is 15.0. The first kappa shape index (κ1) is 21.4. The average Bonchev–Trinajstić information content (AvgIpc) is 2.72. The normalized spacial score (nSPS) is 15.1. The largest absolute Gasteiger partial charge is 0.363 e. The van der Waals surface area contributed by atoms with Crippen molar-refractivity contribution in [2.24, 2.45) is 0 Å². The quantitative estimate of drug-likeness (QED) is 0.509. The van der Waals surface area contributed by atoms with Crippen LogP contribution in [-0.2, 0) is 11.2 Å². The van der Waals surface area contributed by atoms with E-state index in [9.17, 15) is 10.1 Å². The molecule has 0 aliphatic carbocycles. The van der Waals surface area contributed by atoms with Crippen molar-refractivity contribution in [1.82, 2.24) is 0 Å². The molecule has 0 spiro atoms. The van der Waals surface area contributed by atoms with Crippen LogP contribution in [0.15, 0.2) is 54.1 Å². The smallest absolute Gasteiger partial charge is 0.266 e. The number of nitrogens with one attached hydrogen (secondary N) is 1. The third kappa shape index (κ3) is 4.31. The summed E-state index contributed by atoms with van der Waals surface area (Å²) in [6.07, 6.45) is 4.86. The zero-order chi connectivity index (χ0) is 21.9. The Labute approximate surface area is 179 Å². The van der Waals surface area contributed by atoms with Crippen LogP contribution >= 0.6 is 0 Å². The Morgan fingerprint density at radius 1 is 1.17 bits per heavy atom. The average molecular weight is 400 g/mol. The number of anilines is 2. The van der Waals surface area contributed by atoms with Crippen molar-refractivity contribution < 1.29 is 4.79 Å². The van der Waals surface area contributed by atoms with E-state index in [4.69, 9.17) is 0 Å². The van der Waals surface area contributed by atoms with E-state index in [1.54, 1.807) is 6.08 Å². The maximum atomic E-state index is 12.6. The Hall–Kier alpha value is -3.32. The molecule has 1 aliphatic heterocycles. The zero-order valence-electron chi connectivity index (χ0n) is 18.4. The fourth-order valence-corrected chi connectivity index (χ4v) is 4.11. The predicted molar refractivity (Wildman–Crippen MR) is 125 cm³/mol. The minimum absolute atomic E-state index is 0.0474. The van der Waals surface area contributed by atoms with Gasteiger partial charge in [-0.1, -0.05) is 31.2 Å². The van der Waals surface area contributed by atoms with Crippen LogP contribution in [-0.4, -0.2) is 18.0 Å². The third-order valence-corrected chi connectivity index (χ3v) is 5.61. The minimum atomic E-state index is -0.400. The number of fused-ring (bicyclic) bond motifs is 1. The van der Waals surface area contributed by atoms with Gasteiger partial charge in [0, 0.05) is 23.5 Å². The first-order valence-corrected chi connectivity index (χ1v) is 10.4. The Morgan fingerprint density at radius 3 is 2.47 bits per heavy atom. The Kier molecular flexibility index (Phi) is 6.12. The summed E-state index contributed by atoms with van der Waals surface area (Å²) in [5, 5.41) is 12.4. The monoisotopic (exact) mass is 399 g/mol. The maximum Gasteiger partial charge on any atom is 0.266 e. The fourth-order valence-electron chi connectivity index (χ4n) is 4.11. The van der Waals surface area contributed by atoms with Crippen molar-refractivity contribution in [3.63, 3.8) is 0 Å². The number of hydrogen-bond donors (Lipinski definition) is 1.